The van der Waals surface area contributed by atoms with Gasteiger partial charge in [0.1, 0.15) is 22.9 Å². The zero-order valence-electron chi connectivity index (χ0n) is 15.6. The number of aryl methyl sites for hydroxylation is 1. The number of benzene rings is 2. The summed E-state index contributed by atoms with van der Waals surface area (Å²) >= 11 is 3.49. The van der Waals surface area contributed by atoms with E-state index in [4.69, 9.17) is 4.42 Å². The van der Waals surface area contributed by atoms with E-state index >= 15 is 0 Å². The molecule has 150 valence electrons. The van der Waals surface area contributed by atoms with Crippen molar-refractivity contribution >= 4 is 45.5 Å². The van der Waals surface area contributed by atoms with E-state index in [2.05, 4.69) is 21.2 Å². The Labute approximate surface area is 179 Å². The normalized spacial score (nSPS) is 15.6. The molecule has 4 rings (SSSR count). The lowest BCUT2D eigenvalue weighted by atomic mass is 10.1. The van der Waals surface area contributed by atoms with Gasteiger partial charge in [-0.25, -0.2) is 14.1 Å². The van der Waals surface area contributed by atoms with Crippen molar-refractivity contribution < 1.29 is 23.2 Å². The molecule has 0 aliphatic carbocycles. The maximum absolute atomic E-state index is 13.2. The highest BCUT2D eigenvalue weighted by Crippen LogP contribution is 2.31. The first-order chi connectivity index (χ1) is 14.3. The SMILES string of the molecule is Cc1ccc(-c2ccc(/C=C3/C(=O)NC(=O)N(c4ccc(F)cc4)C3=O)o2)c(Br)c1. The molecule has 30 heavy (non-hydrogen) atoms. The number of amides is 4. The van der Waals surface area contributed by atoms with Gasteiger partial charge in [0.2, 0.25) is 0 Å². The van der Waals surface area contributed by atoms with Crippen LogP contribution in [0.5, 0.6) is 0 Å². The van der Waals surface area contributed by atoms with E-state index in [1.807, 2.05) is 25.1 Å². The molecule has 1 aromatic heterocycles. The molecule has 1 aliphatic rings. The molecular formula is C22H14BrFN2O4. The van der Waals surface area contributed by atoms with Crippen molar-refractivity contribution in [3.63, 3.8) is 0 Å². The van der Waals surface area contributed by atoms with Gasteiger partial charge in [0.05, 0.1) is 5.69 Å². The van der Waals surface area contributed by atoms with Crippen LogP contribution in [0.1, 0.15) is 11.3 Å². The largest absolute Gasteiger partial charge is 0.457 e. The lowest BCUT2D eigenvalue weighted by Gasteiger charge is -2.26. The molecule has 3 aromatic rings. The maximum atomic E-state index is 13.2. The van der Waals surface area contributed by atoms with E-state index < -0.39 is 23.7 Å². The van der Waals surface area contributed by atoms with Gasteiger partial charge in [-0.1, -0.05) is 22.0 Å². The predicted molar refractivity (Wildman–Crippen MR) is 112 cm³/mol. The fourth-order valence-electron chi connectivity index (χ4n) is 3.02. The number of barbiturate groups is 1. The molecule has 0 saturated carbocycles. The number of halogens is 2. The Kier molecular flexibility index (Phi) is 5.09. The van der Waals surface area contributed by atoms with Crippen LogP contribution in [0.15, 0.2) is 69.1 Å². The lowest BCUT2D eigenvalue weighted by molar-refractivity contribution is -0.122. The first kappa shape index (κ1) is 19.8. The Morgan fingerprint density at radius 2 is 1.77 bits per heavy atom. The van der Waals surface area contributed by atoms with Crippen molar-refractivity contribution in [1.82, 2.24) is 5.32 Å². The summed E-state index contributed by atoms with van der Waals surface area (Å²) in [5.41, 5.74) is 1.76. The molecule has 4 amide bonds. The van der Waals surface area contributed by atoms with Gasteiger partial charge in [-0.3, -0.25) is 14.9 Å². The lowest BCUT2D eigenvalue weighted by Crippen LogP contribution is -2.54. The molecular weight excluding hydrogens is 455 g/mol. The minimum absolute atomic E-state index is 0.140. The average Bonchev–Trinajstić information content (AvgIpc) is 3.15. The number of rotatable bonds is 3. The summed E-state index contributed by atoms with van der Waals surface area (Å²) in [6.07, 6.45) is 1.27. The van der Waals surface area contributed by atoms with E-state index in [0.717, 1.165) is 32.6 Å². The number of imide groups is 2. The molecule has 0 radical (unpaired) electrons. The molecule has 0 bridgehead atoms. The van der Waals surface area contributed by atoms with E-state index in [1.165, 1.54) is 18.2 Å². The Bertz CT molecular complexity index is 1210. The third kappa shape index (κ3) is 3.69. The van der Waals surface area contributed by atoms with Crippen LogP contribution in [0, 0.1) is 12.7 Å². The zero-order valence-corrected chi connectivity index (χ0v) is 17.2. The molecule has 0 unspecified atom stereocenters. The molecule has 1 N–H and O–H groups in total. The van der Waals surface area contributed by atoms with E-state index in [0.29, 0.717) is 5.76 Å². The van der Waals surface area contributed by atoms with Gasteiger partial charge in [-0.05, 0) is 67.1 Å². The standard InChI is InChI=1S/C22H14BrFN2O4/c1-12-2-8-16(18(23)10-12)19-9-7-15(30-19)11-17-20(27)25-22(29)26(21(17)28)14-5-3-13(24)4-6-14/h2-11H,1H3,(H,25,27,29)/b17-11-. The van der Waals surface area contributed by atoms with Crippen LogP contribution in [0.25, 0.3) is 17.4 Å². The summed E-state index contributed by atoms with van der Waals surface area (Å²) < 4.78 is 19.8. The Morgan fingerprint density at radius 3 is 2.47 bits per heavy atom. The molecule has 8 heteroatoms. The summed E-state index contributed by atoms with van der Waals surface area (Å²) in [6.45, 7) is 1.97. The van der Waals surface area contributed by atoms with Gasteiger partial charge in [0, 0.05) is 10.0 Å². The van der Waals surface area contributed by atoms with Crippen molar-refractivity contribution in [3.05, 3.63) is 81.8 Å². The van der Waals surface area contributed by atoms with E-state index in [1.54, 1.807) is 12.1 Å². The molecule has 2 heterocycles. The second kappa shape index (κ2) is 7.72. The van der Waals surface area contributed by atoms with E-state index in [9.17, 15) is 18.8 Å². The highest BCUT2D eigenvalue weighted by molar-refractivity contribution is 9.10. The number of hydrogen-bond donors (Lipinski definition) is 1. The van der Waals surface area contributed by atoms with E-state index in [-0.39, 0.29) is 17.0 Å². The summed E-state index contributed by atoms with van der Waals surface area (Å²) in [4.78, 5) is 38.0. The number of carbonyl (C=O) groups excluding carboxylic acids is 3. The third-order valence-corrected chi connectivity index (χ3v) is 5.15. The van der Waals surface area contributed by atoms with Crippen molar-refractivity contribution in [2.24, 2.45) is 0 Å². The molecule has 0 spiro atoms. The van der Waals surface area contributed by atoms with Crippen molar-refractivity contribution in [1.29, 1.82) is 0 Å². The minimum atomic E-state index is -0.905. The first-order valence-corrected chi connectivity index (χ1v) is 9.66. The monoisotopic (exact) mass is 468 g/mol. The fourth-order valence-corrected chi connectivity index (χ4v) is 3.71. The van der Waals surface area contributed by atoms with Gasteiger partial charge in [-0.15, -0.1) is 0 Å². The summed E-state index contributed by atoms with van der Waals surface area (Å²) in [7, 11) is 0. The number of nitrogens with zero attached hydrogens (tertiary/aromatic N) is 1. The van der Waals surface area contributed by atoms with Gasteiger partial charge >= 0.3 is 6.03 Å². The average molecular weight is 469 g/mol. The number of furan rings is 1. The van der Waals surface area contributed by atoms with Crippen LogP contribution >= 0.6 is 15.9 Å². The summed E-state index contributed by atoms with van der Waals surface area (Å²) in [6, 6.07) is 13.0. The molecule has 2 aromatic carbocycles. The first-order valence-electron chi connectivity index (χ1n) is 8.87. The van der Waals surface area contributed by atoms with Crippen LogP contribution in [0.4, 0.5) is 14.9 Å². The topological polar surface area (TPSA) is 79.6 Å². The summed E-state index contributed by atoms with van der Waals surface area (Å²) in [5, 5.41) is 2.11. The van der Waals surface area contributed by atoms with Crippen molar-refractivity contribution in [3.8, 4) is 11.3 Å². The second-order valence-electron chi connectivity index (χ2n) is 6.62. The number of anilines is 1. The Balaban J connectivity index is 1.68. The zero-order chi connectivity index (χ0) is 21.4. The van der Waals surface area contributed by atoms with Crippen LogP contribution in [0.3, 0.4) is 0 Å². The van der Waals surface area contributed by atoms with Crippen LogP contribution in [-0.4, -0.2) is 17.8 Å². The van der Waals surface area contributed by atoms with Gasteiger partial charge < -0.3 is 4.42 Å². The van der Waals surface area contributed by atoms with Crippen LogP contribution in [-0.2, 0) is 9.59 Å². The van der Waals surface area contributed by atoms with Crippen LogP contribution < -0.4 is 10.2 Å². The number of urea groups is 1. The smallest absolute Gasteiger partial charge is 0.335 e. The quantitative estimate of drug-likeness (QED) is 0.441. The molecule has 1 fully saturated rings. The number of carbonyl (C=O) groups is 3. The van der Waals surface area contributed by atoms with Crippen molar-refractivity contribution in [2.45, 2.75) is 6.92 Å². The number of hydrogen-bond acceptors (Lipinski definition) is 4. The fraction of sp³-hybridized carbons (Fsp3) is 0.0455. The predicted octanol–water partition coefficient (Wildman–Crippen LogP) is 4.82. The highest BCUT2D eigenvalue weighted by Gasteiger charge is 2.37. The highest BCUT2D eigenvalue weighted by atomic mass is 79.9. The second-order valence-corrected chi connectivity index (χ2v) is 7.47. The Morgan fingerprint density at radius 1 is 1.03 bits per heavy atom. The van der Waals surface area contributed by atoms with Gasteiger partial charge in [0.25, 0.3) is 11.8 Å². The van der Waals surface area contributed by atoms with Gasteiger partial charge in [0.15, 0.2) is 0 Å². The summed E-state index contributed by atoms with van der Waals surface area (Å²) in [5.74, 6) is -1.36. The molecule has 1 saturated heterocycles. The Hall–Kier alpha value is -3.52. The van der Waals surface area contributed by atoms with Gasteiger partial charge in [-0.2, -0.15) is 0 Å². The number of nitrogens with one attached hydrogen (secondary N) is 1. The minimum Gasteiger partial charge on any atom is -0.457 e. The van der Waals surface area contributed by atoms with Crippen LogP contribution in [0.2, 0.25) is 0 Å². The van der Waals surface area contributed by atoms with Crippen molar-refractivity contribution in [2.75, 3.05) is 4.90 Å². The molecule has 1 aliphatic heterocycles. The molecule has 0 atom stereocenters. The maximum Gasteiger partial charge on any atom is 0.335 e. The third-order valence-electron chi connectivity index (χ3n) is 4.49. The molecule has 6 nitrogen and oxygen atoms in total.